The van der Waals surface area contributed by atoms with E-state index < -0.39 is 5.97 Å². The number of rotatable bonds is 4. The quantitative estimate of drug-likeness (QED) is 0.893. The third-order valence-electron chi connectivity index (χ3n) is 4.18. The SMILES string of the molecule is O=C(O)CCc1ccc2nc(C3CCCCC3)[nH]c2c1. The number of aromatic nitrogens is 2. The average Bonchev–Trinajstić information content (AvgIpc) is 2.89. The van der Waals surface area contributed by atoms with E-state index in [1.54, 1.807) is 0 Å². The molecule has 0 bridgehead atoms. The number of aliphatic carboxylic acids is 1. The zero-order valence-electron chi connectivity index (χ0n) is 11.6. The van der Waals surface area contributed by atoms with Crippen molar-refractivity contribution in [3.05, 3.63) is 29.6 Å². The second-order valence-electron chi connectivity index (χ2n) is 5.70. The van der Waals surface area contributed by atoms with Crippen LogP contribution < -0.4 is 0 Å². The minimum atomic E-state index is -0.752. The maximum absolute atomic E-state index is 10.6. The first-order valence-corrected chi connectivity index (χ1v) is 7.43. The molecule has 1 aliphatic rings. The lowest BCUT2D eigenvalue weighted by Crippen LogP contribution is -2.05. The van der Waals surface area contributed by atoms with Gasteiger partial charge in [0.05, 0.1) is 11.0 Å². The summed E-state index contributed by atoms with van der Waals surface area (Å²) in [6, 6.07) is 6.02. The Labute approximate surface area is 118 Å². The first kappa shape index (κ1) is 13.2. The Kier molecular flexibility index (Phi) is 3.72. The fraction of sp³-hybridized carbons (Fsp3) is 0.500. The molecule has 106 valence electrons. The number of hydrogen-bond acceptors (Lipinski definition) is 2. The molecule has 0 radical (unpaired) electrons. The second kappa shape index (κ2) is 5.65. The van der Waals surface area contributed by atoms with Crippen molar-refractivity contribution >= 4 is 17.0 Å². The highest BCUT2D eigenvalue weighted by Gasteiger charge is 2.18. The van der Waals surface area contributed by atoms with Crippen molar-refractivity contribution in [2.75, 3.05) is 0 Å². The van der Waals surface area contributed by atoms with Gasteiger partial charge >= 0.3 is 5.97 Å². The number of fused-ring (bicyclic) bond motifs is 1. The molecule has 3 rings (SSSR count). The van der Waals surface area contributed by atoms with Gasteiger partial charge in [0.25, 0.3) is 0 Å². The maximum Gasteiger partial charge on any atom is 0.303 e. The Hall–Kier alpha value is -1.84. The predicted octanol–water partition coefficient (Wildman–Crippen LogP) is 3.63. The van der Waals surface area contributed by atoms with E-state index in [1.807, 2.05) is 18.2 Å². The summed E-state index contributed by atoms with van der Waals surface area (Å²) < 4.78 is 0. The van der Waals surface area contributed by atoms with Crippen LogP contribution in [-0.2, 0) is 11.2 Å². The molecule has 0 unspecified atom stereocenters. The van der Waals surface area contributed by atoms with Gasteiger partial charge in [-0.25, -0.2) is 4.98 Å². The van der Waals surface area contributed by atoms with E-state index in [4.69, 9.17) is 10.1 Å². The molecule has 0 saturated heterocycles. The number of benzene rings is 1. The fourth-order valence-corrected chi connectivity index (χ4v) is 3.05. The molecule has 4 nitrogen and oxygen atoms in total. The minimum absolute atomic E-state index is 0.176. The van der Waals surface area contributed by atoms with Gasteiger partial charge in [-0.15, -0.1) is 0 Å². The van der Waals surface area contributed by atoms with Gasteiger partial charge in [0.15, 0.2) is 0 Å². The molecule has 1 heterocycles. The van der Waals surface area contributed by atoms with Gasteiger partial charge < -0.3 is 10.1 Å². The van der Waals surface area contributed by atoms with Crippen LogP contribution in [0.2, 0.25) is 0 Å². The van der Waals surface area contributed by atoms with Crippen LogP contribution >= 0.6 is 0 Å². The van der Waals surface area contributed by atoms with E-state index in [0.29, 0.717) is 12.3 Å². The molecule has 0 spiro atoms. The number of nitrogens with zero attached hydrogens (tertiary/aromatic N) is 1. The number of carbonyl (C=O) groups is 1. The molecule has 2 aromatic rings. The molecule has 1 aromatic carbocycles. The standard InChI is InChI=1S/C16H20N2O2/c19-15(20)9-7-11-6-8-13-14(10-11)18-16(17-13)12-4-2-1-3-5-12/h6,8,10,12H,1-5,7,9H2,(H,17,18)(H,19,20). The van der Waals surface area contributed by atoms with Crippen LogP contribution in [0.25, 0.3) is 11.0 Å². The summed E-state index contributed by atoms with van der Waals surface area (Å²) in [6.45, 7) is 0. The first-order valence-electron chi connectivity index (χ1n) is 7.43. The Bertz CT molecular complexity index is 612. The van der Waals surface area contributed by atoms with Crippen LogP contribution in [0.15, 0.2) is 18.2 Å². The number of aryl methyl sites for hydroxylation is 1. The Morgan fingerprint density at radius 2 is 2.10 bits per heavy atom. The number of H-pyrrole nitrogens is 1. The largest absolute Gasteiger partial charge is 0.481 e. The van der Waals surface area contributed by atoms with Crippen molar-refractivity contribution in [2.24, 2.45) is 0 Å². The van der Waals surface area contributed by atoms with Gasteiger partial charge in [0.2, 0.25) is 0 Å². The third-order valence-corrected chi connectivity index (χ3v) is 4.18. The summed E-state index contributed by atoms with van der Waals surface area (Å²) in [4.78, 5) is 18.8. The summed E-state index contributed by atoms with van der Waals surface area (Å²) in [5.74, 6) is 0.923. The Morgan fingerprint density at radius 3 is 2.85 bits per heavy atom. The summed E-state index contributed by atoms with van der Waals surface area (Å²) in [5, 5.41) is 8.74. The van der Waals surface area contributed by atoms with Gasteiger partial charge in [-0.3, -0.25) is 4.79 Å². The van der Waals surface area contributed by atoms with Crippen LogP contribution in [0.4, 0.5) is 0 Å². The first-order chi connectivity index (χ1) is 9.72. The minimum Gasteiger partial charge on any atom is -0.481 e. The van der Waals surface area contributed by atoms with Crippen LogP contribution in [0.1, 0.15) is 55.8 Å². The molecule has 2 N–H and O–H groups in total. The normalized spacial score (nSPS) is 16.6. The summed E-state index contributed by atoms with van der Waals surface area (Å²) >= 11 is 0. The number of hydrogen-bond donors (Lipinski definition) is 2. The zero-order valence-corrected chi connectivity index (χ0v) is 11.6. The number of imidazole rings is 1. The molecule has 0 atom stereocenters. The Morgan fingerprint density at radius 1 is 1.30 bits per heavy atom. The molecule has 0 aliphatic heterocycles. The van der Waals surface area contributed by atoms with Gasteiger partial charge in [0, 0.05) is 12.3 Å². The smallest absolute Gasteiger partial charge is 0.303 e. The molecule has 1 fully saturated rings. The van der Waals surface area contributed by atoms with Crippen LogP contribution in [0, 0.1) is 0 Å². The summed E-state index contributed by atoms with van der Waals surface area (Å²) in [5.41, 5.74) is 3.08. The zero-order chi connectivity index (χ0) is 13.9. The lowest BCUT2D eigenvalue weighted by atomic mass is 9.89. The third kappa shape index (κ3) is 2.84. The van der Waals surface area contributed by atoms with Crippen molar-refractivity contribution in [1.82, 2.24) is 9.97 Å². The van der Waals surface area contributed by atoms with E-state index >= 15 is 0 Å². The lowest BCUT2D eigenvalue weighted by molar-refractivity contribution is -0.136. The highest BCUT2D eigenvalue weighted by molar-refractivity contribution is 5.76. The second-order valence-corrected chi connectivity index (χ2v) is 5.70. The highest BCUT2D eigenvalue weighted by Crippen LogP contribution is 2.32. The van der Waals surface area contributed by atoms with Gasteiger partial charge in [0.1, 0.15) is 5.82 Å². The Balaban J connectivity index is 1.81. The van der Waals surface area contributed by atoms with Crippen molar-refractivity contribution < 1.29 is 9.90 Å². The lowest BCUT2D eigenvalue weighted by Gasteiger charge is -2.18. The highest BCUT2D eigenvalue weighted by atomic mass is 16.4. The maximum atomic E-state index is 10.6. The number of aromatic amines is 1. The van der Waals surface area contributed by atoms with Gasteiger partial charge in [-0.2, -0.15) is 0 Å². The molecular formula is C16H20N2O2. The summed E-state index contributed by atoms with van der Waals surface area (Å²) in [6.07, 6.45) is 7.14. The van der Waals surface area contributed by atoms with E-state index in [-0.39, 0.29) is 6.42 Å². The molecular weight excluding hydrogens is 252 g/mol. The van der Waals surface area contributed by atoms with E-state index in [0.717, 1.165) is 22.4 Å². The van der Waals surface area contributed by atoms with Crippen molar-refractivity contribution in [2.45, 2.75) is 50.9 Å². The van der Waals surface area contributed by atoms with E-state index in [1.165, 1.54) is 32.1 Å². The van der Waals surface area contributed by atoms with Crippen LogP contribution in [0.5, 0.6) is 0 Å². The average molecular weight is 272 g/mol. The molecule has 20 heavy (non-hydrogen) atoms. The van der Waals surface area contributed by atoms with Gasteiger partial charge in [-0.1, -0.05) is 25.3 Å². The molecule has 0 amide bonds. The predicted molar refractivity (Wildman–Crippen MR) is 77.9 cm³/mol. The van der Waals surface area contributed by atoms with Crippen LogP contribution in [0.3, 0.4) is 0 Å². The molecule has 1 aromatic heterocycles. The van der Waals surface area contributed by atoms with Crippen LogP contribution in [-0.4, -0.2) is 21.0 Å². The monoisotopic (exact) mass is 272 g/mol. The number of nitrogens with one attached hydrogen (secondary N) is 1. The van der Waals surface area contributed by atoms with E-state index in [2.05, 4.69) is 4.98 Å². The fourth-order valence-electron chi connectivity index (χ4n) is 3.05. The number of carboxylic acid groups (broad SMARTS) is 1. The van der Waals surface area contributed by atoms with Crippen molar-refractivity contribution in [3.63, 3.8) is 0 Å². The molecule has 1 aliphatic carbocycles. The van der Waals surface area contributed by atoms with E-state index in [9.17, 15) is 4.79 Å². The molecule has 4 heteroatoms. The van der Waals surface area contributed by atoms with Gasteiger partial charge in [-0.05, 0) is 37.0 Å². The topological polar surface area (TPSA) is 66.0 Å². The number of carboxylic acids is 1. The van der Waals surface area contributed by atoms with Crippen molar-refractivity contribution in [1.29, 1.82) is 0 Å². The summed E-state index contributed by atoms with van der Waals surface area (Å²) in [7, 11) is 0. The van der Waals surface area contributed by atoms with Crippen molar-refractivity contribution in [3.8, 4) is 0 Å². The molecule has 1 saturated carbocycles.